The largest absolute Gasteiger partial charge is 0.465 e. The number of aryl methyl sites for hydroxylation is 1. The van der Waals surface area contributed by atoms with Crippen LogP contribution in [0.15, 0.2) is 73.1 Å². The van der Waals surface area contributed by atoms with E-state index in [1.807, 2.05) is 30.3 Å². The van der Waals surface area contributed by atoms with Crippen molar-refractivity contribution in [3.63, 3.8) is 0 Å². The third-order valence-corrected chi connectivity index (χ3v) is 5.57. The van der Waals surface area contributed by atoms with Gasteiger partial charge in [-0.2, -0.15) is 0 Å². The highest BCUT2D eigenvalue weighted by Gasteiger charge is 2.16. The minimum Gasteiger partial charge on any atom is -0.465 e. The molecule has 0 unspecified atom stereocenters. The maximum atomic E-state index is 11.7. The molecule has 0 aliphatic rings. The number of carbonyl (C=O) groups is 1. The van der Waals surface area contributed by atoms with Gasteiger partial charge < -0.3 is 4.74 Å². The molecule has 2 aromatic carbocycles. The minimum atomic E-state index is -0.344. The molecule has 0 aliphatic heterocycles. The van der Waals surface area contributed by atoms with Crippen LogP contribution in [-0.2, 0) is 4.74 Å². The van der Waals surface area contributed by atoms with E-state index in [2.05, 4.69) is 30.1 Å². The van der Waals surface area contributed by atoms with E-state index in [1.54, 1.807) is 35.9 Å². The number of esters is 1. The number of pyridine rings is 1. The van der Waals surface area contributed by atoms with Gasteiger partial charge in [-0.1, -0.05) is 35.9 Å². The first kappa shape index (κ1) is 18.1. The summed E-state index contributed by atoms with van der Waals surface area (Å²) < 4.78 is 4.77. The lowest BCUT2D eigenvalue weighted by atomic mass is 10.1. The summed E-state index contributed by atoms with van der Waals surface area (Å²) in [4.78, 5) is 21.8. The predicted octanol–water partition coefficient (Wildman–Crippen LogP) is 5.63. The summed E-state index contributed by atoms with van der Waals surface area (Å²) in [6, 6.07) is 19.7. The van der Waals surface area contributed by atoms with Crippen molar-refractivity contribution in [1.82, 2.24) is 9.97 Å². The topological polar surface area (TPSA) is 52.1 Å². The molecule has 0 fully saturated rings. The quantitative estimate of drug-likeness (QED) is 0.426. The molecule has 0 radical (unpaired) electrons. The molecule has 0 bridgehead atoms. The van der Waals surface area contributed by atoms with E-state index in [1.165, 1.54) is 12.7 Å². The lowest BCUT2D eigenvalue weighted by Gasteiger charge is -2.03. The fraction of sp³-hybridized carbons (Fsp3) is 0.0870. The summed E-state index contributed by atoms with van der Waals surface area (Å²) in [5.41, 5.74) is 5.80. The number of carbonyl (C=O) groups excluding carboxylic acids is 1. The molecule has 2 aromatic heterocycles. The van der Waals surface area contributed by atoms with E-state index in [0.717, 1.165) is 32.3 Å². The van der Waals surface area contributed by atoms with Crippen LogP contribution < -0.4 is 0 Å². The zero-order valence-electron chi connectivity index (χ0n) is 15.5. The Morgan fingerprint density at radius 2 is 1.68 bits per heavy atom. The average Bonchev–Trinajstić information content (AvgIpc) is 3.19. The van der Waals surface area contributed by atoms with Gasteiger partial charge in [0.1, 0.15) is 5.01 Å². The second-order valence-electron chi connectivity index (χ2n) is 6.37. The number of ether oxygens (including phenoxy) is 1. The molecule has 0 saturated heterocycles. The molecule has 4 aromatic rings. The number of nitrogens with zero attached hydrogens (tertiary/aromatic N) is 2. The molecule has 0 saturated carbocycles. The summed E-state index contributed by atoms with van der Waals surface area (Å²) >= 11 is 1.63. The van der Waals surface area contributed by atoms with Crippen molar-refractivity contribution in [1.29, 1.82) is 0 Å². The van der Waals surface area contributed by atoms with Gasteiger partial charge in [0.2, 0.25) is 0 Å². The van der Waals surface area contributed by atoms with Gasteiger partial charge in [-0.05, 0) is 42.8 Å². The Balaban J connectivity index is 1.83. The molecular formula is C23H18N2O2S. The molecule has 5 heteroatoms. The Labute approximate surface area is 167 Å². The van der Waals surface area contributed by atoms with Gasteiger partial charge in [-0.15, -0.1) is 11.3 Å². The highest BCUT2D eigenvalue weighted by molar-refractivity contribution is 7.19. The maximum absolute atomic E-state index is 11.7. The van der Waals surface area contributed by atoms with E-state index >= 15 is 0 Å². The van der Waals surface area contributed by atoms with Crippen LogP contribution in [-0.4, -0.2) is 23.0 Å². The SMILES string of the molecule is COC(=O)c1ccc(-c2nc(-c3cccc(C)c3)c(-c3ccncc3)s2)cc1. The van der Waals surface area contributed by atoms with Crippen molar-refractivity contribution in [3.8, 4) is 32.3 Å². The van der Waals surface area contributed by atoms with Crippen LogP contribution in [0.2, 0.25) is 0 Å². The second kappa shape index (κ2) is 7.74. The number of thiazole rings is 1. The van der Waals surface area contributed by atoms with Crippen LogP contribution in [0, 0.1) is 6.92 Å². The number of methoxy groups -OCH3 is 1. The standard InChI is InChI=1S/C23H18N2O2S/c1-15-4-3-5-19(14-15)20-21(16-10-12-24-13-11-16)28-22(25-20)17-6-8-18(9-7-17)23(26)27-2/h3-14H,1-2H3. The van der Waals surface area contributed by atoms with Gasteiger partial charge in [-0.25, -0.2) is 9.78 Å². The first-order chi connectivity index (χ1) is 13.7. The first-order valence-electron chi connectivity index (χ1n) is 8.83. The molecule has 0 spiro atoms. The summed E-state index contributed by atoms with van der Waals surface area (Å²) in [7, 11) is 1.38. The summed E-state index contributed by atoms with van der Waals surface area (Å²) in [5, 5.41) is 0.903. The van der Waals surface area contributed by atoms with Crippen molar-refractivity contribution in [3.05, 3.63) is 84.2 Å². The zero-order valence-corrected chi connectivity index (χ0v) is 16.4. The highest BCUT2D eigenvalue weighted by Crippen LogP contribution is 2.40. The molecule has 0 aliphatic carbocycles. The van der Waals surface area contributed by atoms with Crippen molar-refractivity contribution in [2.24, 2.45) is 0 Å². The molecule has 28 heavy (non-hydrogen) atoms. The van der Waals surface area contributed by atoms with Gasteiger partial charge in [0, 0.05) is 23.5 Å². The number of hydrogen-bond acceptors (Lipinski definition) is 5. The van der Waals surface area contributed by atoms with Crippen LogP contribution in [0.5, 0.6) is 0 Å². The molecule has 2 heterocycles. The monoisotopic (exact) mass is 386 g/mol. The zero-order chi connectivity index (χ0) is 19.5. The lowest BCUT2D eigenvalue weighted by Crippen LogP contribution is -2.00. The van der Waals surface area contributed by atoms with E-state index < -0.39 is 0 Å². The highest BCUT2D eigenvalue weighted by atomic mass is 32.1. The number of hydrogen-bond donors (Lipinski definition) is 0. The van der Waals surface area contributed by atoms with E-state index in [4.69, 9.17) is 9.72 Å². The molecule has 4 rings (SSSR count). The van der Waals surface area contributed by atoms with Gasteiger partial charge in [-0.3, -0.25) is 4.98 Å². The molecule has 4 nitrogen and oxygen atoms in total. The minimum absolute atomic E-state index is 0.344. The Morgan fingerprint density at radius 1 is 0.929 bits per heavy atom. The second-order valence-corrected chi connectivity index (χ2v) is 7.37. The molecule has 0 N–H and O–H groups in total. The molecule has 0 amide bonds. The van der Waals surface area contributed by atoms with Gasteiger partial charge >= 0.3 is 5.97 Å². The maximum Gasteiger partial charge on any atom is 0.337 e. The van der Waals surface area contributed by atoms with Crippen LogP contribution in [0.1, 0.15) is 15.9 Å². The van der Waals surface area contributed by atoms with Gasteiger partial charge in [0.25, 0.3) is 0 Å². The van der Waals surface area contributed by atoms with Crippen LogP contribution in [0.25, 0.3) is 32.3 Å². The summed E-state index contributed by atoms with van der Waals surface area (Å²) in [6.45, 7) is 2.08. The Hall–Kier alpha value is -3.31. The Kier molecular flexibility index (Phi) is 5.00. The number of aromatic nitrogens is 2. The third-order valence-electron chi connectivity index (χ3n) is 4.41. The van der Waals surface area contributed by atoms with Crippen LogP contribution in [0.4, 0.5) is 0 Å². The van der Waals surface area contributed by atoms with E-state index in [9.17, 15) is 4.79 Å². The van der Waals surface area contributed by atoms with E-state index in [-0.39, 0.29) is 5.97 Å². The fourth-order valence-electron chi connectivity index (χ4n) is 3.00. The molecule has 138 valence electrons. The van der Waals surface area contributed by atoms with Crippen LogP contribution >= 0.6 is 11.3 Å². The fourth-order valence-corrected chi connectivity index (χ4v) is 4.10. The van der Waals surface area contributed by atoms with Crippen molar-refractivity contribution in [2.45, 2.75) is 6.92 Å². The lowest BCUT2D eigenvalue weighted by molar-refractivity contribution is 0.0601. The Bertz CT molecular complexity index is 1120. The summed E-state index contributed by atoms with van der Waals surface area (Å²) in [6.07, 6.45) is 3.58. The van der Waals surface area contributed by atoms with Crippen molar-refractivity contribution in [2.75, 3.05) is 7.11 Å². The predicted molar refractivity (Wildman–Crippen MR) is 112 cm³/mol. The molecule has 0 atom stereocenters. The van der Waals surface area contributed by atoms with Crippen molar-refractivity contribution < 1.29 is 9.53 Å². The first-order valence-corrected chi connectivity index (χ1v) is 9.64. The van der Waals surface area contributed by atoms with Crippen molar-refractivity contribution >= 4 is 17.3 Å². The number of benzene rings is 2. The van der Waals surface area contributed by atoms with Gasteiger partial charge in [0.15, 0.2) is 0 Å². The third kappa shape index (κ3) is 3.57. The average molecular weight is 386 g/mol. The summed E-state index contributed by atoms with van der Waals surface area (Å²) in [5.74, 6) is -0.344. The molecular weight excluding hydrogens is 368 g/mol. The van der Waals surface area contributed by atoms with Crippen LogP contribution in [0.3, 0.4) is 0 Å². The van der Waals surface area contributed by atoms with Gasteiger partial charge in [0.05, 0.1) is 23.2 Å². The smallest absolute Gasteiger partial charge is 0.337 e. The normalized spacial score (nSPS) is 10.6. The number of rotatable bonds is 4. The Morgan fingerprint density at radius 3 is 2.36 bits per heavy atom. The van der Waals surface area contributed by atoms with E-state index in [0.29, 0.717) is 5.56 Å².